The number of para-hydroxylation sites is 1. The molecule has 1 atom stereocenters. The van der Waals surface area contributed by atoms with Crippen LogP contribution in [0.15, 0.2) is 66.1 Å². The van der Waals surface area contributed by atoms with E-state index in [2.05, 4.69) is 10.2 Å². The molecule has 2 aromatic carbocycles. The number of amides is 1. The fourth-order valence-electron chi connectivity index (χ4n) is 2.81. The highest BCUT2D eigenvalue weighted by atomic mass is 32.2. The molecule has 0 fully saturated rings. The van der Waals surface area contributed by atoms with E-state index >= 15 is 0 Å². The maximum absolute atomic E-state index is 14.2. The number of benzene rings is 2. The third-order valence-corrected chi connectivity index (χ3v) is 5.45. The zero-order valence-corrected chi connectivity index (χ0v) is 16.1. The Kier molecular flexibility index (Phi) is 6.24. The Balaban J connectivity index is 1.98. The lowest BCUT2D eigenvalue weighted by Crippen LogP contribution is -2.34. The number of hydrogen-bond acceptors (Lipinski definition) is 4. The Morgan fingerprint density at radius 3 is 2.44 bits per heavy atom. The quantitative estimate of drug-likeness (QED) is 0.575. The summed E-state index contributed by atoms with van der Waals surface area (Å²) in [6, 6.07) is 16.0. The molecule has 1 heterocycles. The van der Waals surface area contributed by atoms with Crippen LogP contribution < -0.4 is 0 Å². The summed E-state index contributed by atoms with van der Waals surface area (Å²) in [4.78, 5) is 14.9. The first-order valence-electron chi connectivity index (χ1n) is 8.81. The van der Waals surface area contributed by atoms with Gasteiger partial charge in [0.1, 0.15) is 17.4 Å². The summed E-state index contributed by atoms with van der Waals surface area (Å²) in [5, 5.41) is 8.04. The Bertz CT molecular complexity index is 896. The normalized spacial score (nSPS) is 12.0. The first-order valence-corrected chi connectivity index (χ1v) is 9.69. The topological polar surface area (TPSA) is 51.0 Å². The molecule has 0 radical (unpaired) electrons. The molecule has 27 heavy (non-hydrogen) atoms. The Morgan fingerprint density at radius 2 is 1.78 bits per heavy atom. The summed E-state index contributed by atoms with van der Waals surface area (Å²) in [6.07, 6.45) is 1.46. The summed E-state index contributed by atoms with van der Waals surface area (Å²) in [5.41, 5.74) is 1.23. The lowest BCUT2D eigenvalue weighted by Gasteiger charge is -2.25. The maximum Gasteiger partial charge on any atom is 0.240 e. The molecule has 5 nitrogen and oxygen atoms in total. The number of nitrogens with zero attached hydrogens (tertiary/aromatic N) is 4. The van der Waals surface area contributed by atoms with Crippen molar-refractivity contribution in [2.45, 2.75) is 24.3 Å². The largest absolute Gasteiger partial charge is 0.342 e. The minimum Gasteiger partial charge on any atom is -0.342 e. The molecule has 0 N–H and O–H groups in total. The van der Waals surface area contributed by atoms with Gasteiger partial charge in [0.05, 0.1) is 5.69 Å². The molecular formula is C20H21FN4OS. The number of rotatable bonds is 7. The number of carbonyl (C=O) groups is 1. The van der Waals surface area contributed by atoms with Gasteiger partial charge in [-0.3, -0.25) is 9.36 Å². The van der Waals surface area contributed by atoms with E-state index in [0.29, 0.717) is 23.9 Å². The standard InChI is InChI=1S/C20H21FN4OS/c1-3-24(4-2)19(26)18(15-10-6-5-7-11-15)27-20-23-22-14-25(20)17-13-9-8-12-16(17)21/h5-14,18H,3-4H2,1-2H3/t18-/m0/s1. The number of thioether (sulfide) groups is 1. The van der Waals surface area contributed by atoms with Crippen molar-refractivity contribution in [3.63, 3.8) is 0 Å². The molecule has 0 aliphatic heterocycles. The average Bonchev–Trinajstić information content (AvgIpc) is 3.16. The summed E-state index contributed by atoms with van der Waals surface area (Å²) in [6.45, 7) is 5.16. The van der Waals surface area contributed by atoms with Crippen molar-refractivity contribution in [1.29, 1.82) is 0 Å². The zero-order valence-electron chi connectivity index (χ0n) is 15.2. The van der Waals surface area contributed by atoms with Gasteiger partial charge in [-0.15, -0.1) is 10.2 Å². The highest BCUT2D eigenvalue weighted by molar-refractivity contribution is 8.00. The van der Waals surface area contributed by atoms with Gasteiger partial charge in [0, 0.05) is 13.1 Å². The fourth-order valence-corrected chi connectivity index (χ4v) is 3.92. The summed E-state index contributed by atoms with van der Waals surface area (Å²) in [5.74, 6) is -0.371. The van der Waals surface area contributed by atoms with Crippen LogP contribution in [0.25, 0.3) is 5.69 Å². The van der Waals surface area contributed by atoms with E-state index in [0.717, 1.165) is 5.56 Å². The van der Waals surface area contributed by atoms with Gasteiger partial charge in [-0.25, -0.2) is 4.39 Å². The SMILES string of the molecule is CCN(CC)C(=O)[C@@H](Sc1nncn1-c1ccccc1F)c1ccccc1. The van der Waals surface area contributed by atoms with Crippen LogP contribution in [0, 0.1) is 5.82 Å². The second kappa shape index (κ2) is 8.81. The molecule has 0 bridgehead atoms. The van der Waals surface area contributed by atoms with E-state index in [4.69, 9.17) is 0 Å². The van der Waals surface area contributed by atoms with Gasteiger partial charge in [0.15, 0.2) is 5.16 Å². The summed E-state index contributed by atoms with van der Waals surface area (Å²) < 4.78 is 15.8. The molecule has 140 valence electrons. The third-order valence-electron chi connectivity index (χ3n) is 4.25. The average molecular weight is 384 g/mol. The summed E-state index contributed by atoms with van der Waals surface area (Å²) >= 11 is 1.28. The lowest BCUT2D eigenvalue weighted by atomic mass is 10.1. The number of halogens is 1. The Hall–Kier alpha value is -2.67. The van der Waals surface area contributed by atoms with Crippen molar-refractivity contribution in [2.24, 2.45) is 0 Å². The highest BCUT2D eigenvalue weighted by Gasteiger charge is 2.28. The molecule has 7 heteroatoms. The lowest BCUT2D eigenvalue weighted by molar-refractivity contribution is -0.130. The smallest absolute Gasteiger partial charge is 0.240 e. The maximum atomic E-state index is 14.2. The van der Waals surface area contributed by atoms with Crippen LogP contribution in [-0.2, 0) is 4.79 Å². The van der Waals surface area contributed by atoms with Gasteiger partial charge in [0.25, 0.3) is 0 Å². The van der Waals surface area contributed by atoms with E-state index < -0.39 is 5.25 Å². The van der Waals surface area contributed by atoms with Gasteiger partial charge < -0.3 is 4.90 Å². The molecule has 0 aliphatic rings. The second-order valence-corrected chi connectivity index (χ2v) is 6.93. The van der Waals surface area contributed by atoms with E-state index in [9.17, 15) is 9.18 Å². The van der Waals surface area contributed by atoms with Gasteiger partial charge in [-0.05, 0) is 31.5 Å². The molecule has 0 unspecified atom stereocenters. The molecule has 0 saturated carbocycles. The van der Waals surface area contributed by atoms with Gasteiger partial charge in [0.2, 0.25) is 5.91 Å². The molecule has 0 spiro atoms. The molecule has 3 aromatic rings. The van der Waals surface area contributed by atoms with Crippen molar-refractivity contribution in [2.75, 3.05) is 13.1 Å². The molecular weight excluding hydrogens is 363 g/mol. The number of likely N-dealkylation sites (N-methyl/N-ethyl adjacent to an activating group) is 1. The van der Waals surface area contributed by atoms with Crippen molar-refractivity contribution in [3.05, 3.63) is 72.3 Å². The van der Waals surface area contributed by atoms with Gasteiger partial charge in [-0.2, -0.15) is 0 Å². The zero-order chi connectivity index (χ0) is 19.2. The first-order chi connectivity index (χ1) is 13.2. The predicted octanol–water partition coefficient (Wildman–Crippen LogP) is 4.11. The van der Waals surface area contributed by atoms with Crippen LogP contribution in [0.4, 0.5) is 4.39 Å². The molecule has 0 saturated heterocycles. The monoisotopic (exact) mass is 384 g/mol. The van der Waals surface area contributed by atoms with E-state index in [1.807, 2.05) is 44.2 Å². The minimum atomic E-state index is -0.485. The van der Waals surface area contributed by atoms with Crippen LogP contribution in [0.2, 0.25) is 0 Å². The van der Waals surface area contributed by atoms with Crippen LogP contribution in [0.1, 0.15) is 24.7 Å². The van der Waals surface area contributed by atoms with E-state index in [-0.39, 0.29) is 11.7 Å². The van der Waals surface area contributed by atoms with Crippen LogP contribution in [-0.4, -0.2) is 38.7 Å². The van der Waals surface area contributed by atoms with Crippen LogP contribution >= 0.6 is 11.8 Å². The minimum absolute atomic E-state index is 0.000663. The molecule has 3 rings (SSSR count). The predicted molar refractivity (Wildman–Crippen MR) is 104 cm³/mol. The number of carbonyl (C=O) groups excluding carboxylic acids is 1. The van der Waals surface area contributed by atoms with Crippen LogP contribution in [0.5, 0.6) is 0 Å². The molecule has 0 aliphatic carbocycles. The Labute approximate surface area is 162 Å². The van der Waals surface area contributed by atoms with Gasteiger partial charge >= 0.3 is 0 Å². The molecule has 1 amide bonds. The van der Waals surface area contributed by atoms with Crippen molar-refractivity contribution < 1.29 is 9.18 Å². The highest BCUT2D eigenvalue weighted by Crippen LogP contribution is 2.36. The van der Waals surface area contributed by atoms with Gasteiger partial charge in [-0.1, -0.05) is 54.2 Å². The van der Waals surface area contributed by atoms with Crippen molar-refractivity contribution >= 4 is 17.7 Å². The van der Waals surface area contributed by atoms with Crippen molar-refractivity contribution in [3.8, 4) is 5.69 Å². The summed E-state index contributed by atoms with van der Waals surface area (Å²) in [7, 11) is 0. The number of hydrogen-bond donors (Lipinski definition) is 0. The van der Waals surface area contributed by atoms with Crippen molar-refractivity contribution in [1.82, 2.24) is 19.7 Å². The number of aromatic nitrogens is 3. The second-order valence-electron chi connectivity index (χ2n) is 5.85. The Morgan fingerprint density at radius 1 is 1.11 bits per heavy atom. The van der Waals surface area contributed by atoms with E-state index in [1.54, 1.807) is 27.7 Å². The van der Waals surface area contributed by atoms with Crippen LogP contribution in [0.3, 0.4) is 0 Å². The fraction of sp³-hybridized carbons (Fsp3) is 0.250. The third kappa shape index (κ3) is 4.19. The first kappa shape index (κ1) is 19.1. The molecule has 1 aromatic heterocycles. The van der Waals surface area contributed by atoms with E-state index in [1.165, 1.54) is 24.2 Å².